The fourth-order valence-corrected chi connectivity index (χ4v) is 5.32. The van der Waals surface area contributed by atoms with E-state index in [1.54, 1.807) is 0 Å². The number of fused-ring (bicyclic) bond motifs is 1. The van der Waals surface area contributed by atoms with Crippen molar-refractivity contribution in [3.05, 3.63) is 16.0 Å². The summed E-state index contributed by atoms with van der Waals surface area (Å²) < 4.78 is 5.57. The molecule has 27 heavy (non-hydrogen) atoms. The first-order valence-corrected chi connectivity index (χ1v) is 11.3. The van der Waals surface area contributed by atoms with Gasteiger partial charge < -0.3 is 4.74 Å². The summed E-state index contributed by atoms with van der Waals surface area (Å²) >= 11 is 4.21. The molecule has 0 spiro atoms. The predicted molar refractivity (Wildman–Crippen MR) is 109 cm³/mol. The maximum absolute atomic E-state index is 12.1. The van der Waals surface area contributed by atoms with Crippen LogP contribution in [0.1, 0.15) is 30.9 Å². The van der Waals surface area contributed by atoms with Crippen LogP contribution in [0.15, 0.2) is 21.0 Å². The first-order valence-electron chi connectivity index (χ1n) is 8.47. The molecule has 1 fully saturated rings. The Hall–Kier alpha value is -1.56. The molecule has 1 N–H and O–H groups in total. The topological polar surface area (TPSA) is 106 Å². The van der Waals surface area contributed by atoms with Crippen molar-refractivity contribution >= 4 is 62.7 Å². The number of rotatable bonds is 6. The van der Waals surface area contributed by atoms with Gasteiger partial charge in [0.1, 0.15) is 22.9 Å². The molecule has 0 bridgehead atoms. The number of hydrogen-bond donors (Lipinski definition) is 1. The number of anilines is 1. The molecule has 142 valence electrons. The predicted octanol–water partition coefficient (Wildman–Crippen LogP) is 2.67. The summed E-state index contributed by atoms with van der Waals surface area (Å²) in [5.74, 6) is 0.433. The highest BCUT2D eigenvalue weighted by Gasteiger charge is 2.32. The van der Waals surface area contributed by atoms with Gasteiger partial charge in [0.2, 0.25) is 11.0 Å². The fraction of sp³-hybridized carbons (Fsp3) is 0.500. The number of aliphatic imine (C=N–C) groups is 2. The maximum atomic E-state index is 12.1. The molecule has 4 rings (SSSR count). The van der Waals surface area contributed by atoms with Crippen LogP contribution >= 0.6 is 34.9 Å². The average molecular weight is 424 g/mol. The Kier molecular flexibility index (Phi) is 5.71. The molecule has 8 nitrogen and oxygen atoms in total. The largest absolute Gasteiger partial charge is 0.371 e. The van der Waals surface area contributed by atoms with Crippen molar-refractivity contribution in [2.45, 2.75) is 25.9 Å². The molecule has 4 heterocycles. The van der Waals surface area contributed by atoms with E-state index in [4.69, 9.17) is 4.74 Å². The highest BCUT2D eigenvalue weighted by molar-refractivity contribution is 8.17. The number of allylic oxidation sites excluding steroid dienone is 1. The van der Waals surface area contributed by atoms with Gasteiger partial charge in [-0.2, -0.15) is 4.99 Å². The lowest BCUT2D eigenvalue weighted by Crippen LogP contribution is -2.24. The monoisotopic (exact) mass is 423 g/mol. The lowest BCUT2D eigenvalue weighted by atomic mass is 10.1. The van der Waals surface area contributed by atoms with Crippen LogP contribution in [-0.2, 0) is 14.3 Å². The molecule has 1 saturated heterocycles. The zero-order valence-corrected chi connectivity index (χ0v) is 17.0. The van der Waals surface area contributed by atoms with Gasteiger partial charge in [0, 0.05) is 6.61 Å². The Morgan fingerprint density at radius 1 is 1.41 bits per heavy atom. The number of nitrogens with zero attached hydrogens (tertiary/aromatic N) is 4. The highest BCUT2D eigenvalue weighted by atomic mass is 32.2. The molecule has 0 aromatic carbocycles. The third-order valence-corrected chi connectivity index (χ3v) is 6.91. The van der Waals surface area contributed by atoms with E-state index in [-0.39, 0.29) is 29.6 Å². The Labute approximate surface area is 168 Å². The molecular formula is C16H17N5O3S3. The fourth-order valence-electron chi connectivity index (χ4n) is 2.83. The molecule has 0 radical (unpaired) electrons. The van der Waals surface area contributed by atoms with E-state index < -0.39 is 0 Å². The number of carbonyl (C=O) groups excluding carboxylic acids is 2. The quantitative estimate of drug-likeness (QED) is 0.750. The number of ether oxygens (including phenoxy) is 1. The van der Waals surface area contributed by atoms with Crippen LogP contribution in [0, 0.1) is 5.92 Å². The summed E-state index contributed by atoms with van der Waals surface area (Å²) in [5.41, 5.74) is 0. The smallest absolute Gasteiger partial charge is 0.261 e. The molecular weight excluding hydrogens is 406 g/mol. The summed E-state index contributed by atoms with van der Waals surface area (Å²) in [6, 6.07) is 0. The third kappa shape index (κ3) is 4.48. The number of hydrogen-bond acceptors (Lipinski definition) is 9. The minimum absolute atomic E-state index is 0.00102. The summed E-state index contributed by atoms with van der Waals surface area (Å²) in [6.45, 7) is 2.70. The van der Waals surface area contributed by atoms with Crippen LogP contribution in [0.5, 0.6) is 0 Å². The van der Waals surface area contributed by atoms with Crippen molar-refractivity contribution in [3.63, 3.8) is 0 Å². The third-order valence-electron chi connectivity index (χ3n) is 4.03. The zero-order valence-electron chi connectivity index (χ0n) is 14.5. The molecule has 11 heteroatoms. The summed E-state index contributed by atoms with van der Waals surface area (Å²) in [6.07, 6.45) is 3.85. The van der Waals surface area contributed by atoms with Gasteiger partial charge in [-0.05, 0) is 24.7 Å². The Morgan fingerprint density at radius 3 is 3.11 bits per heavy atom. The van der Waals surface area contributed by atoms with Crippen LogP contribution in [0.4, 0.5) is 5.13 Å². The van der Waals surface area contributed by atoms with Gasteiger partial charge in [0.25, 0.3) is 5.91 Å². The van der Waals surface area contributed by atoms with Crippen molar-refractivity contribution in [2.24, 2.45) is 15.9 Å². The van der Waals surface area contributed by atoms with E-state index in [2.05, 4.69) is 25.5 Å². The van der Waals surface area contributed by atoms with Crippen molar-refractivity contribution in [1.82, 2.24) is 10.2 Å². The normalized spacial score (nSPS) is 24.3. The summed E-state index contributed by atoms with van der Waals surface area (Å²) in [5, 5.41) is 12.9. The minimum Gasteiger partial charge on any atom is -0.371 e. The van der Waals surface area contributed by atoms with Crippen molar-refractivity contribution in [1.29, 1.82) is 0 Å². The summed E-state index contributed by atoms with van der Waals surface area (Å²) in [4.78, 5) is 33.7. The first-order chi connectivity index (χ1) is 13.1. The summed E-state index contributed by atoms with van der Waals surface area (Å²) in [7, 11) is 0. The lowest BCUT2D eigenvalue weighted by Gasteiger charge is -2.12. The van der Waals surface area contributed by atoms with Gasteiger partial charge in [0.05, 0.1) is 16.5 Å². The Bertz CT molecular complexity index is 857. The van der Waals surface area contributed by atoms with Crippen LogP contribution in [0.2, 0.25) is 0 Å². The second-order valence-electron chi connectivity index (χ2n) is 6.16. The second kappa shape index (κ2) is 8.21. The number of carbonyl (C=O) groups is 2. The Balaban J connectivity index is 1.24. The van der Waals surface area contributed by atoms with Crippen LogP contribution < -0.4 is 5.32 Å². The van der Waals surface area contributed by atoms with Gasteiger partial charge in [-0.1, -0.05) is 29.2 Å². The van der Waals surface area contributed by atoms with Crippen molar-refractivity contribution in [3.8, 4) is 0 Å². The first kappa shape index (κ1) is 18.8. The molecule has 3 aliphatic rings. The minimum atomic E-state index is -0.317. The van der Waals surface area contributed by atoms with Gasteiger partial charge in [-0.25, -0.2) is 4.99 Å². The number of aromatic nitrogens is 2. The second-order valence-corrected chi connectivity index (χ2v) is 9.42. The van der Waals surface area contributed by atoms with Gasteiger partial charge in [-0.15, -0.1) is 22.0 Å². The van der Waals surface area contributed by atoms with E-state index >= 15 is 0 Å². The van der Waals surface area contributed by atoms with Gasteiger partial charge >= 0.3 is 0 Å². The molecule has 3 aliphatic heterocycles. The highest BCUT2D eigenvalue weighted by Crippen LogP contribution is 2.34. The molecule has 0 saturated carbocycles. The van der Waals surface area contributed by atoms with Gasteiger partial charge in [0.15, 0.2) is 0 Å². The van der Waals surface area contributed by atoms with Gasteiger partial charge in [-0.3, -0.25) is 14.9 Å². The zero-order chi connectivity index (χ0) is 18.8. The number of nitrogens with one attached hydrogen (secondary N) is 1. The van der Waals surface area contributed by atoms with Crippen molar-refractivity contribution in [2.75, 3.05) is 23.4 Å². The van der Waals surface area contributed by atoms with Crippen LogP contribution in [0.3, 0.4) is 0 Å². The number of amidine groups is 1. The molecule has 2 unspecified atom stereocenters. The standard InChI is InChI=1S/C16H17N5O3S3/c1-8-5-9-13(23)17-11(18-14(9)26-8)6-25-7-12(22)19-16-21-20-15(27-16)10-3-2-4-24-10/h5,9-10H,2-4,6-7H2,1H3,(H,19,21,22). The molecule has 1 aromatic rings. The molecule has 2 atom stereocenters. The van der Waals surface area contributed by atoms with E-state index in [9.17, 15) is 9.59 Å². The van der Waals surface area contributed by atoms with Crippen LogP contribution in [0.25, 0.3) is 0 Å². The SMILES string of the molecule is CC1=CC2C(=O)N=C(CSCC(=O)Nc3nnc(C4CCCO4)s3)N=C2S1. The van der Waals surface area contributed by atoms with Crippen LogP contribution in [-0.4, -0.2) is 51.0 Å². The maximum Gasteiger partial charge on any atom is 0.261 e. The van der Waals surface area contributed by atoms with E-state index in [0.717, 1.165) is 34.4 Å². The van der Waals surface area contributed by atoms with E-state index in [0.29, 0.717) is 16.7 Å². The van der Waals surface area contributed by atoms with E-state index in [1.165, 1.54) is 34.9 Å². The number of amides is 2. The lowest BCUT2D eigenvalue weighted by molar-refractivity contribution is -0.118. The average Bonchev–Trinajstić information content (AvgIpc) is 3.34. The van der Waals surface area contributed by atoms with E-state index in [1.807, 2.05) is 13.0 Å². The van der Waals surface area contributed by atoms with Crippen molar-refractivity contribution < 1.29 is 14.3 Å². The Morgan fingerprint density at radius 2 is 2.30 bits per heavy atom. The molecule has 2 amide bonds. The molecule has 0 aliphatic carbocycles. The number of thioether (sulfide) groups is 2. The molecule has 1 aromatic heterocycles.